The van der Waals surface area contributed by atoms with Crippen molar-refractivity contribution in [1.29, 1.82) is 0 Å². The molecule has 114 valence electrons. The van der Waals surface area contributed by atoms with Gasteiger partial charge >= 0.3 is 0 Å². The number of nitrogens with one attached hydrogen (secondary N) is 1. The second kappa shape index (κ2) is 6.57. The number of hydrazone groups is 1. The fourth-order valence-electron chi connectivity index (χ4n) is 2.07. The van der Waals surface area contributed by atoms with E-state index in [2.05, 4.69) is 15.5 Å². The number of nitrogens with zero attached hydrogens (tertiary/aromatic N) is 3. The molecule has 2 N–H and O–H groups in total. The quantitative estimate of drug-likeness (QED) is 0.573. The molecule has 3 rings (SSSR count). The standard InChI is InChI=1S/C17H14N4O2/c22-16-5-3-14(4-6-16)21-11-1-2-15(21)12-19-20-17(23)13-7-9-18-10-8-13/h1-12,22H,(H,20,23)/b19-12-. The van der Waals surface area contributed by atoms with E-state index in [0.717, 1.165) is 11.4 Å². The molecule has 0 bridgehead atoms. The number of phenols is 1. The molecule has 0 unspecified atom stereocenters. The number of aromatic hydroxyl groups is 1. The average Bonchev–Trinajstić information content (AvgIpc) is 3.05. The molecule has 23 heavy (non-hydrogen) atoms. The van der Waals surface area contributed by atoms with Crippen molar-refractivity contribution in [3.63, 3.8) is 0 Å². The molecule has 0 spiro atoms. The van der Waals surface area contributed by atoms with E-state index in [1.54, 1.807) is 55.0 Å². The molecule has 1 aromatic carbocycles. The van der Waals surface area contributed by atoms with Crippen LogP contribution in [-0.2, 0) is 0 Å². The number of phenolic OH excluding ortho intramolecular Hbond substituents is 1. The number of carbonyl (C=O) groups excluding carboxylic acids is 1. The van der Waals surface area contributed by atoms with E-state index in [4.69, 9.17) is 0 Å². The van der Waals surface area contributed by atoms with Crippen LogP contribution in [-0.4, -0.2) is 26.8 Å². The highest BCUT2D eigenvalue weighted by molar-refractivity contribution is 5.94. The summed E-state index contributed by atoms with van der Waals surface area (Å²) in [6.07, 6.45) is 6.54. The van der Waals surface area contributed by atoms with Crippen molar-refractivity contribution in [2.24, 2.45) is 5.10 Å². The highest BCUT2D eigenvalue weighted by Crippen LogP contribution is 2.15. The summed E-state index contributed by atoms with van der Waals surface area (Å²) in [5, 5.41) is 13.3. The van der Waals surface area contributed by atoms with Gasteiger partial charge in [-0.1, -0.05) is 0 Å². The summed E-state index contributed by atoms with van der Waals surface area (Å²) in [6, 6.07) is 13.8. The van der Waals surface area contributed by atoms with Crippen molar-refractivity contribution in [2.75, 3.05) is 0 Å². The largest absolute Gasteiger partial charge is 0.508 e. The molecule has 6 nitrogen and oxygen atoms in total. The van der Waals surface area contributed by atoms with Gasteiger partial charge in [0.05, 0.1) is 11.9 Å². The Hall–Kier alpha value is -3.41. The van der Waals surface area contributed by atoms with E-state index >= 15 is 0 Å². The first kappa shape index (κ1) is 14.5. The molecular formula is C17H14N4O2. The Morgan fingerprint density at radius 2 is 1.87 bits per heavy atom. The summed E-state index contributed by atoms with van der Waals surface area (Å²) >= 11 is 0. The SMILES string of the molecule is O=C(N/N=C\c1cccn1-c1ccc(O)cc1)c1ccncc1. The molecule has 2 aromatic heterocycles. The van der Waals surface area contributed by atoms with E-state index in [0.29, 0.717) is 5.56 Å². The molecule has 1 amide bonds. The van der Waals surface area contributed by atoms with Gasteiger partial charge in [-0.25, -0.2) is 5.43 Å². The number of benzene rings is 1. The maximum Gasteiger partial charge on any atom is 0.271 e. The van der Waals surface area contributed by atoms with E-state index in [-0.39, 0.29) is 11.7 Å². The fraction of sp³-hybridized carbons (Fsp3) is 0. The van der Waals surface area contributed by atoms with Crippen LogP contribution in [0, 0.1) is 0 Å². The van der Waals surface area contributed by atoms with Gasteiger partial charge in [0.15, 0.2) is 0 Å². The Balaban J connectivity index is 1.73. The minimum absolute atomic E-state index is 0.209. The molecule has 0 saturated heterocycles. The van der Waals surface area contributed by atoms with Crippen LogP contribution in [0.1, 0.15) is 16.1 Å². The summed E-state index contributed by atoms with van der Waals surface area (Å²) in [5.74, 6) is -0.0906. The molecule has 0 aliphatic heterocycles. The van der Waals surface area contributed by atoms with Crippen LogP contribution in [0.15, 0.2) is 72.2 Å². The predicted octanol–water partition coefficient (Wildman–Crippen LogP) is 2.34. The second-order valence-corrected chi connectivity index (χ2v) is 4.75. The maximum atomic E-state index is 11.9. The van der Waals surface area contributed by atoms with Crippen molar-refractivity contribution in [2.45, 2.75) is 0 Å². The van der Waals surface area contributed by atoms with Gasteiger partial charge in [-0.2, -0.15) is 5.10 Å². The van der Waals surface area contributed by atoms with Crippen molar-refractivity contribution in [3.05, 3.63) is 78.4 Å². The molecule has 0 atom stereocenters. The molecule has 0 aliphatic rings. The van der Waals surface area contributed by atoms with Crippen molar-refractivity contribution in [3.8, 4) is 11.4 Å². The zero-order valence-electron chi connectivity index (χ0n) is 12.1. The normalized spacial score (nSPS) is 10.8. The number of carbonyl (C=O) groups is 1. The van der Waals surface area contributed by atoms with E-state index in [1.807, 2.05) is 22.9 Å². The Kier molecular flexibility index (Phi) is 4.15. The third-order valence-electron chi connectivity index (χ3n) is 3.21. The number of hydrogen-bond acceptors (Lipinski definition) is 4. The first-order valence-corrected chi connectivity index (χ1v) is 6.94. The van der Waals surface area contributed by atoms with Gasteiger partial charge in [0.2, 0.25) is 0 Å². The fourth-order valence-corrected chi connectivity index (χ4v) is 2.07. The summed E-state index contributed by atoms with van der Waals surface area (Å²) in [6.45, 7) is 0. The van der Waals surface area contributed by atoms with Crippen LogP contribution in [0.5, 0.6) is 5.75 Å². The Morgan fingerprint density at radius 3 is 2.61 bits per heavy atom. The summed E-state index contributed by atoms with van der Waals surface area (Å²) in [7, 11) is 0. The van der Waals surface area contributed by atoms with Crippen molar-refractivity contribution in [1.82, 2.24) is 15.0 Å². The smallest absolute Gasteiger partial charge is 0.271 e. The van der Waals surface area contributed by atoms with Gasteiger partial charge in [-0.05, 0) is 48.5 Å². The summed E-state index contributed by atoms with van der Waals surface area (Å²) < 4.78 is 1.89. The van der Waals surface area contributed by atoms with Crippen molar-refractivity contribution < 1.29 is 9.90 Å². The highest BCUT2D eigenvalue weighted by Gasteiger charge is 2.04. The zero-order chi connectivity index (χ0) is 16.1. The lowest BCUT2D eigenvalue weighted by molar-refractivity contribution is 0.0955. The predicted molar refractivity (Wildman–Crippen MR) is 86.7 cm³/mol. The Labute approximate surface area is 132 Å². The maximum absolute atomic E-state index is 11.9. The molecule has 0 radical (unpaired) electrons. The van der Waals surface area contributed by atoms with E-state index in [9.17, 15) is 9.90 Å². The van der Waals surface area contributed by atoms with E-state index < -0.39 is 0 Å². The average molecular weight is 306 g/mol. The second-order valence-electron chi connectivity index (χ2n) is 4.75. The number of aromatic nitrogens is 2. The lowest BCUT2D eigenvalue weighted by Gasteiger charge is -2.06. The van der Waals surface area contributed by atoms with Gasteiger partial charge in [0.1, 0.15) is 5.75 Å². The van der Waals surface area contributed by atoms with Gasteiger partial charge in [-0.15, -0.1) is 0 Å². The zero-order valence-corrected chi connectivity index (χ0v) is 12.1. The molecule has 0 fully saturated rings. The molecule has 0 saturated carbocycles. The molecular weight excluding hydrogens is 292 g/mol. The lowest BCUT2D eigenvalue weighted by Crippen LogP contribution is -2.17. The van der Waals surface area contributed by atoms with Crippen LogP contribution < -0.4 is 5.43 Å². The third kappa shape index (κ3) is 3.44. The van der Waals surface area contributed by atoms with Gasteiger partial charge in [0, 0.05) is 29.8 Å². The first-order valence-electron chi connectivity index (χ1n) is 6.94. The van der Waals surface area contributed by atoms with Gasteiger partial charge in [0.25, 0.3) is 5.91 Å². The number of hydrogen-bond donors (Lipinski definition) is 2. The van der Waals surface area contributed by atoms with Gasteiger partial charge in [-0.3, -0.25) is 9.78 Å². The van der Waals surface area contributed by atoms with Gasteiger partial charge < -0.3 is 9.67 Å². The molecule has 0 aliphatic carbocycles. The number of rotatable bonds is 4. The van der Waals surface area contributed by atoms with Crippen LogP contribution in [0.3, 0.4) is 0 Å². The number of pyridine rings is 1. The van der Waals surface area contributed by atoms with E-state index in [1.165, 1.54) is 0 Å². The first-order chi connectivity index (χ1) is 11.2. The number of amides is 1. The molecule has 3 aromatic rings. The Morgan fingerprint density at radius 1 is 1.13 bits per heavy atom. The molecule has 6 heteroatoms. The third-order valence-corrected chi connectivity index (χ3v) is 3.21. The lowest BCUT2D eigenvalue weighted by atomic mass is 10.3. The monoisotopic (exact) mass is 306 g/mol. The van der Waals surface area contributed by atoms with Crippen molar-refractivity contribution >= 4 is 12.1 Å². The molecule has 2 heterocycles. The Bertz CT molecular complexity index is 823. The van der Waals surface area contributed by atoms with Crippen LogP contribution in [0.25, 0.3) is 5.69 Å². The summed E-state index contributed by atoms with van der Waals surface area (Å²) in [5.41, 5.74) is 4.65. The minimum Gasteiger partial charge on any atom is -0.508 e. The summed E-state index contributed by atoms with van der Waals surface area (Å²) in [4.78, 5) is 15.7. The minimum atomic E-state index is -0.300. The topological polar surface area (TPSA) is 79.5 Å². The van der Waals surface area contributed by atoms with Crippen LogP contribution >= 0.6 is 0 Å². The van der Waals surface area contributed by atoms with Crippen LogP contribution in [0.4, 0.5) is 0 Å². The highest BCUT2D eigenvalue weighted by atomic mass is 16.3. The van der Waals surface area contributed by atoms with Crippen LogP contribution in [0.2, 0.25) is 0 Å².